The van der Waals surface area contributed by atoms with Crippen LogP contribution in [-0.2, 0) is 27.2 Å². The van der Waals surface area contributed by atoms with Crippen molar-refractivity contribution in [2.75, 3.05) is 6.54 Å². The van der Waals surface area contributed by atoms with Crippen molar-refractivity contribution in [3.63, 3.8) is 0 Å². The SMILES string of the molecule is CC(C)(C)OC(=O)N1CCc2c(cccc2C2OC(C)(C)C(C)(C)O2)C1. The van der Waals surface area contributed by atoms with E-state index in [2.05, 4.69) is 39.8 Å². The number of fused-ring (bicyclic) bond motifs is 1. The second kappa shape index (κ2) is 6.24. The highest BCUT2D eigenvalue weighted by atomic mass is 16.7. The third-order valence-electron chi connectivity index (χ3n) is 5.46. The van der Waals surface area contributed by atoms with Crippen molar-refractivity contribution in [2.45, 2.75) is 84.5 Å². The fraction of sp³-hybridized carbons (Fsp3) is 0.667. The number of amides is 1. The van der Waals surface area contributed by atoms with Crippen molar-refractivity contribution < 1.29 is 19.0 Å². The van der Waals surface area contributed by atoms with E-state index in [1.54, 1.807) is 4.90 Å². The highest BCUT2D eigenvalue weighted by Gasteiger charge is 2.50. The molecular formula is C21H31NO4. The molecule has 1 aromatic carbocycles. The zero-order valence-electron chi connectivity index (χ0n) is 17.0. The number of hydrogen-bond donors (Lipinski definition) is 0. The van der Waals surface area contributed by atoms with Gasteiger partial charge in [-0.25, -0.2) is 4.79 Å². The molecule has 0 N–H and O–H groups in total. The summed E-state index contributed by atoms with van der Waals surface area (Å²) in [6.07, 6.45) is 0.140. The lowest BCUT2D eigenvalue weighted by atomic mass is 9.90. The summed E-state index contributed by atoms with van der Waals surface area (Å²) >= 11 is 0. The fourth-order valence-electron chi connectivity index (χ4n) is 3.31. The van der Waals surface area contributed by atoms with Crippen molar-refractivity contribution in [3.8, 4) is 0 Å². The molecule has 0 radical (unpaired) electrons. The first-order valence-corrected chi connectivity index (χ1v) is 9.34. The number of carbonyl (C=O) groups excluding carboxylic acids is 1. The average molecular weight is 361 g/mol. The molecule has 3 rings (SSSR count). The molecule has 0 spiro atoms. The van der Waals surface area contributed by atoms with Crippen molar-refractivity contribution >= 4 is 6.09 Å². The predicted molar refractivity (Wildman–Crippen MR) is 99.9 cm³/mol. The van der Waals surface area contributed by atoms with E-state index in [-0.39, 0.29) is 23.6 Å². The van der Waals surface area contributed by atoms with Gasteiger partial charge in [0.15, 0.2) is 6.29 Å². The van der Waals surface area contributed by atoms with Crippen molar-refractivity contribution in [1.82, 2.24) is 4.90 Å². The minimum Gasteiger partial charge on any atom is -0.444 e. The fourth-order valence-corrected chi connectivity index (χ4v) is 3.31. The lowest BCUT2D eigenvalue weighted by Crippen LogP contribution is -2.41. The zero-order chi connectivity index (χ0) is 19.3. The van der Waals surface area contributed by atoms with E-state index in [1.165, 1.54) is 5.56 Å². The first kappa shape index (κ1) is 19.2. The van der Waals surface area contributed by atoms with Crippen LogP contribution >= 0.6 is 0 Å². The van der Waals surface area contributed by atoms with Gasteiger partial charge in [-0.2, -0.15) is 0 Å². The van der Waals surface area contributed by atoms with Crippen LogP contribution < -0.4 is 0 Å². The molecule has 1 saturated heterocycles. The van der Waals surface area contributed by atoms with Crippen molar-refractivity contribution in [3.05, 3.63) is 34.9 Å². The van der Waals surface area contributed by atoms with Crippen LogP contribution in [0.5, 0.6) is 0 Å². The highest BCUT2D eigenvalue weighted by molar-refractivity contribution is 5.68. The molecule has 26 heavy (non-hydrogen) atoms. The number of ether oxygens (including phenoxy) is 3. The lowest BCUT2D eigenvalue weighted by molar-refractivity contribution is -0.0902. The Kier molecular flexibility index (Phi) is 4.60. The molecule has 0 aliphatic carbocycles. The molecule has 144 valence electrons. The smallest absolute Gasteiger partial charge is 0.410 e. The Bertz CT molecular complexity index is 686. The summed E-state index contributed by atoms with van der Waals surface area (Å²) in [5.74, 6) is 0. The first-order valence-electron chi connectivity index (χ1n) is 9.34. The van der Waals surface area contributed by atoms with Crippen LogP contribution in [-0.4, -0.2) is 34.3 Å². The van der Waals surface area contributed by atoms with Gasteiger partial charge in [0, 0.05) is 18.7 Å². The van der Waals surface area contributed by atoms with Gasteiger partial charge in [0.05, 0.1) is 11.2 Å². The predicted octanol–water partition coefficient (Wildman–Crippen LogP) is 4.58. The summed E-state index contributed by atoms with van der Waals surface area (Å²) in [6.45, 7) is 15.1. The molecule has 0 unspecified atom stereocenters. The minimum absolute atomic E-state index is 0.260. The number of nitrogens with zero attached hydrogens (tertiary/aromatic N) is 1. The summed E-state index contributed by atoms with van der Waals surface area (Å²) in [4.78, 5) is 14.2. The maximum Gasteiger partial charge on any atom is 0.410 e. The number of benzene rings is 1. The van der Waals surface area contributed by atoms with E-state index >= 15 is 0 Å². The zero-order valence-corrected chi connectivity index (χ0v) is 17.0. The lowest BCUT2D eigenvalue weighted by Gasteiger charge is -2.32. The molecule has 0 saturated carbocycles. The molecule has 5 heteroatoms. The molecule has 2 aliphatic heterocycles. The van der Waals surface area contributed by atoms with Crippen molar-refractivity contribution in [1.29, 1.82) is 0 Å². The van der Waals surface area contributed by atoms with Gasteiger partial charge >= 0.3 is 6.09 Å². The molecule has 1 aromatic rings. The van der Waals surface area contributed by atoms with E-state index in [0.29, 0.717) is 13.1 Å². The highest BCUT2D eigenvalue weighted by Crippen LogP contribution is 2.46. The second-order valence-electron chi connectivity index (χ2n) is 9.23. The molecule has 2 aliphatic rings. The third kappa shape index (κ3) is 3.60. The third-order valence-corrected chi connectivity index (χ3v) is 5.46. The molecule has 0 atom stereocenters. The van der Waals surface area contributed by atoms with Gasteiger partial charge in [0.2, 0.25) is 0 Å². The largest absolute Gasteiger partial charge is 0.444 e. The van der Waals surface area contributed by atoms with Crippen LogP contribution in [0.3, 0.4) is 0 Å². The van der Waals surface area contributed by atoms with Crippen LogP contribution in [0.4, 0.5) is 4.79 Å². The Hall–Kier alpha value is -1.59. The normalized spacial score (nSPS) is 22.2. The van der Waals surface area contributed by atoms with E-state index < -0.39 is 5.60 Å². The molecule has 2 heterocycles. The standard InChI is InChI=1S/C21H31NO4/c1-19(2,3)26-18(23)22-12-11-15-14(13-22)9-8-10-16(15)17-24-20(4,5)21(6,7)25-17/h8-10,17H,11-13H2,1-7H3. The van der Waals surface area contributed by atoms with Crippen LogP contribution in [0.1, 0.15) is 71.4 Å². The van der Waals surface area contributed by atoms with E-state index in [9.17, 15) is 4.79 Å². The second-order valence-corrected chi connectivity index (χ2v) is 9.23. The minimum atomic E-state index is -0.484. The molecular weight excluding hydrogens is 330 g/mol. The number of hydrogen-bond acceptors (Lipinski definition) is 4. The van der Waals surface area contributed by atoms with Crippen LogP contribution in [0.2, 0.25) is 0 Å². The monoisotopic (exact) mass is 361 g/mol. The summed E-state index contributed by atoms with van der Waals surface area (Å²) in [7, 11) is 0. The molecule has 0 bridgehead atoms. The Morgan fingerprint density at radius 2 is 1.77 bits per heavy atom. The van der Waals surface area contributed by atoms with Crippen LogP contribution in [0.25, 0.3) is 0 Å². The number of carbonyl (C=O) groups is 1. The Balaban J connectivity index is 1.81. The summed E-state index contributed by atoms with van der Waals surface area (Å²) in [6, 6.07) is 6.16. The number of rotatable bonds is 1. The van der Waals surface area contributed by atoms with Gasteiger partial charge in [0.25, 0.3) is 0 Å². The Morgan fingerprint density at radius 3 is 2.35 bits per heavy atom. The maximum atomic E-state index is 12.4. The molecule has 5 nitrogen and oxygen atoms in total. The summed E-state index contributed by atoms with van der Waals surface area (Å²) in [5.41, 5.74) is 2.22. The van der Waals surface area contributed by atoms with Gasteiger partial charge in [-0.1, -0.05) is 18.2 Å². The van der Waals surface area contributed by atoms with E-state index in [0.717, 1.165) is 17.5 Å². The topological polar surface area (TPSA) is 48.0 Å². The van der Waals surface area contributed by atoms with E-state index in [4.69, 9.17) is 14.2 Å². The Morgan fingerprint density at radius 1 is 1.15 bits per heavy atom. The van der Waals surface area contributed by atoms with Gasteiger partial charge < -0.3 is 19.1 Å². The summed E-state index contributed by atoms with van der Waals surface area (Å²) < 4.78 is 18.0. The summed E-state index contributed by atoms with van der Waals surface area (Å²) in [5, 5.41) is 0. The molecule has 1 amide bonds. The maximum absolute atomic E-state index is 12.4. The van der Waals surface area contributed by atoms with Gasteiger partial charge in [-0.05, 0) is 66.0 Å². The quantitative estimate of drug-likeness (QED) is 0.734. The van der Waals surface area contributed by atoms with Gasteiger partial charge in [-0.15, -0.1) is 0 Å². The van der Waals surface area contributed by atoms with Crippen molar-refractivity contribution in [2.24, 2.45) is 0 Å². The van der Waals surface area contributed by atoms with Gasteiger partial charge in [-0.3, -0.25) is 0 Å². The van der Waals surface area contributed by atoms with Crippen LogP contribution in [0.15, 0.2) is 18.2 Å². The average Bonchev–Trinajstić information content (AvgIpc) is 2.72. The van der Waals surface area contributed by atoms with Gasteiger partial charge in [0.1, 0.15) is 5.60 Å². The first-order chi connectivity index (χ1) is 11.9. The molecule has 0 aromatic heterocycles. The van der Waals surface area contributed by atoms with Crippen LogP contribution in [0, 0.1) is 0 Å². The van der Waals surface area contributed by atoms with E-state index in [1.807, 2.05) is 26.8 Å². The Labute approximate surface area is 156 Å². The molecule has 1 fully saturated rings.